The molecule has 20 heavy (non-hydrogen) atoms. The molecule has 0 aromatic heterocycles. The van der Waals surface area contributed by atoms with Gasteiger partial charge in [-0.15, -0.1) is 0 Å². The molecule has 0 heterocycles. The average Bonchev–Trinajstić information content (AvgIpc) is 2.40. The number of carboxylic acids is 1. The summed E-state index contributed by atoms with van der Waals surface area (Å²) in [6.45, 7) is 0.144. The Labute approximate surface area is 125 Å². The van der Waals surface area contributed by atoms with E-state index < -0.39 is 5.97 Å². The second kappa shape index (κ2) is 6.03. The molecule has 0 fully saturated rings. The molecule has 0 aliphatic heterocycles. The van der Waals surface area contributed by atoms with Gasteiger partial charge in [-0.1, -0.05) is 35.3 Å². The summed E-state index contributed by atoms with van der Waals surface area (Å²) in [5, 5.41) is 9.95. The number of hydrogen-bond acceptors (Lipinski definition) is 3. The number of carbonyl (C=O) groups is 1. The Morgan fingerprint density at radius 2 is 1.95 bits per heavy atom. The average molecular weight is 312 g/mol. The number of nitrogens with two attached hydrogens (primary N) is 1. The fourth-order valence-electron chi connectivity index (χ4n) is 1.67. The van der Waals surface area contributed by atoms with Gasteiger partial charge in [0.25, 0.3) is 0 Å². The van der Waals surface area contributed by atoms with E-state index in [0.717, 1.165) is 5.56 Å². The minimum Gasteiger partial charge on any atom is -0.486 e. The maximum atomic E-state index is 11.1. The molecule has 104 valence electrons. The third-order valence-electron chi connectivity index (χ3n) is 2.64. The van der Waals surface area contributed by atoms with Gasteiger partial charge in [0.05, 0.1) is 15.7 Å². The van der Waals surface area contributed by atoms with Crippen LogP contribution in [0.1, 0.15) is 15.9 Å². The van der Waals surface area contributed by atoms with Gasteiger partial charge in [-0.25, -0.2) is 4.79 Å². The van der Waals surface area contributed by atoms with Gasteiger partial charge in [-0.3, -0.25) is 0 Å². The molecule has 0 radical (unpaired) electrons. The molecule has 0 saturated heterocycles. The lowest BCUT2D eigenvalue weighted by Gasteiger charge is -2.12. The van der Waals surface area contributed by atoms with E-state index in [0.29, 0.717) is 10.0 Å². The first-order valence-corrected chi connectivity index (χ1v) is 6.43. The van der Waals surface area contributed by atoms with Gasteiger partial charge in [0.2, 0.25) is 0 Å². The van der Waals surface area contributed by atoms with Crippen molar-refractivity contribution in [1.82, 2.24) is 0 Å². The van der Waals surface area contributed by atoms with Crippen LogP contribution in [0.2, 0.25) is 10.0 Å². The molecule has 0 unspecified atom stereocenters. The normalized spacial score (nSPS) is 10.3. The lowest BCUT2D eigenvalue weighted by Crippen LogP contribution is -2.06. The van der Waals surface area contributed by atoms with E-state index in [1.54, 1.807) is 30.3 Å². The molecule has 2 aromatic rings. The summed E-state index contributed by atoms with van der Waals surface area (Å²) < 4.78 is 5.50. The highest BCUT2D eigenvalue weighted by molar-refractivity contribution is 6.42. The molecule has 0 saturated carbocycles. The van der Waals surface area contributed by atoms with Crippen LogP contribution in [0.5, 0.6) is 5.75 Å². The summed E-state index contributed by atoms with van der Waals surface area (Å²) in [6.07, 6.45) is 0. The van der Waals surface area contributed by atoms with Crippen molar-refractivity contribution >= 4 is 34.9 Å². The fourth-order valence-corrected chi connectivity index (χ4v) is 1.99. The van der Waals surface area contributed by atoms with Crippen molar-refractivity contribution in [3.8, 4) is 5.75 Å². The zero-order valence-corrected chi connectivity index (χ0v) is 11.8. The van der Waals surface area contributed by atoms with Crippen molar-refractivity contribution in [1.29, 1.82) is 0 Å². The molecule has 6 heteroatoms. The highest BCUT2D eigenvalue weighted by Crippen LogP contribution is 2.28. The van der Waals surface area contributed by atoms with E-state index in [-0.39, 0.29) is 23.6 Å². The first kappa shape index (κ1) is 14.5. The molecule has 0 bridgehead atoms. The SMILES string of the molecule is Nc1cccc(C(=O)O)c1OCc1ccc(Cl)c(Cl)c1. The van der Waals surface area contributed by atoms with Crippen molar-refractivity contribution in [3.05, 3.63) is 57.6 Å². The minimum absolute atomic E-state index is 0.0186. The highest BCUT2D eigenvalue weighted by atomic mass is 35.5. The maximum absolute atomic E-state index is 11.1. The van der Waals surface area contributed by atoms with Crippen molar-refractivity contribution < 1.29 is 14.6 Å². The van der Waals surface area contributed by atoms with E-state index in [9.17, 15) is 4.79 Å². The monoisotopic (exact) mass is 311 g/mol. The minimum atomic E-state index is -1.10. The molecule has 2 aromatic carbocycles. The number of benzene rings is 2. The quantitative estimate of drug-likeness (QED) is 0.841. The Balaban J connectivity index is 2.22. The van der Waals surface area contributed by atoms with Crippen molar-refractivity contribution in [2.24, 2.45) is 0 Å². The number of halogens is 2. The second-order valence-corrected chi connectivity index (χ2v) is 4.88. The molecule has 2 rings (SSSR count). The van der Waals surface area contributed by atoms with Crippen LogP contribution >= 0.6 is 23.2 Å². The number of hydrogen-bond donors (Lipinski definition) is 2. The number of anilines is 1. The van der Waals surface area contributed by atoms with Crippen LogP contribution in [-0.4, -0.2) is 11.1 Å². The predicted molar refractivity (Wildman–Crippen MR) is 78.6 cm³/mol. The topological polar surface area (TPSA) is 72.6 Å². The summed E-state index contributed by atoms with van der Waals surface area (Å²) >= 11 is 11.7. The molecular weight excluding hydrogens is 301 g/mol. The first-order valence-electron chi connectivity index (χ1n) is 5.67. The fraction of sp³-hybridized carbons (Fsp3) is 0.0714. The van der Waals surface area contributed by atoms with Crippen LogP contribution < -0.4 is 10.5 Å². The number of nitrogen functional groups attached to an aromatic ring is 1. The summed E-state index contributed by atoms with van der Waals surface area (Å²) in [4.78, 5) is 11.1. The van der Waals surface area contributed by atoms with E-state index in [2.05, 4.69) is 0 Å². The number of para-hydroxylation sites is 1. The Morgan fingerprint density at radius 3 is 2.60 bits per heavy atom. The van der Waals surface area contributed by atoms with Gasteiger partial charge < -0.3 is 15.6 Å². The third-order valence-corrected chi connectivity index (χ3v) is 3.38. The van der Waals surface area contributed by atoms with Crippen LogP contribution in [0.15, 0.2) is 36.4 Å². The van der Waals surface area contributed by atoms with Gasteiger partial charge in [0.1, 0.15) is 12.2 Å². The number of aromatic carboxylic acids is 1. The van der Waals surface area contributed by atoms with Crippen LogP contribution in [-0.2, 0) is 6.61 Å². The lowest BCUT2D eigenvalue weighted by molar-refractivity contribution is 0.0692. The van der Waals surface area contributed by atoms with Gasteiger partial charge in [0.15, 0.2) is 5.75 Å². The largest absolute Gasteiger partial charge is 0.486 e. The van der Waals surface area contributed by atoms with Crippen molar-refractivity contribution in [2.75, 3.05) is 5.73 Å². The Hall–Kier alpha value is -1.91. The van der Waals surface area contributed by atoms with Gasteiger partial charge in [-0.2, -0.15) is 0 Å². The number of carboxylic acid groups (broad SMARTS) is 1. The van der Waals surface area contributed by atoms with Crippen molar-refractivity contribution in [2.45, 2.75) is 6.61 Å². The lowest BCUT2D eigenvalue weighted by atomic mass is 10.1. The zero-order valence-electron chi connectivity index (χ0n) is 10.3. The third kappa shape index (κ3) is 3.15. The highest BCUT2D eigenvalue weighted by Gasteiger charge is 2.14. The van der Waals surface area contributed by atoms with Crippen LogP contribution in [0.25, 0.3) is 0 Å². The summed E-state index contributed by atoms with van der Waals surface area (Å²) in [5.74, 6) is -0.951. The van der Waals surface area contributed by atoms with E-state index in [1.807, 2.05) is 0 Å². The molecule has 4 nitrogen and oxygen atoms in total. The molecule has 0 amide bonds. The second-order valence-electron chi connectivity index (χ2n) is 4.07. The molecular formula is C14H11Cl2NO3. The molecule has 3 N–H and O–H groups in total. The smallest absolute Gasteiger partial charge is 0.339 e. The van der Waals surface area contributed by atoms with E-state index in [1.165, 1.54) is 6.07 Å². The summed E-state index contributed by atoms with van der Waals surface area (Å²) in [7, 11) is 0. The molecule has 0 atom stereocenters. The molecule has 0 aliphatic rings. The Kier molecular flexibility index (Phi) is 4.37. The molecule has 0 aliphatic carbocycles. The number of rotatable bonds is 4. The van der Waals surface area contributed by atoms with Crippen LogP contribution in [0.3, 0.4) is 0 Å². The van der Waals surface area contributed by atoms with Crippen LogP contribution in [0, 0.1) is 0 Å². The van der Waals surface area contributed by atoms with Crippen LogP contribution in [0.4, 0.5) is 5.69 Å². The van der Waals surface area contributed by atoms with Crippen molar-refractivity contribution in [3.63, 3.8) is 0 Å². The number of ether oxygens (including phenoxy) is 1. The van der Waals surface area contributed by atoms with E-state index in [4.69, 9.17) is 38.8 Å². The summed E-state index contributed by atoms with van der Waals surface area (Å²) in [5.41, 5.74) is 6.79. The predicted octanol–water partition coefficient (Wildman–Crippen LogP) is 3.85. The van der Waals surface area contributed by atoms with Gasteiger partial charge >= 0.3 is 5.97 Å². The molecule has 0 spiro atoms. The Bertz CT molecular complexity index is 659. The van der Waals surface area contributed by atoms with Gasteiger partial charge in [-0.05, 0) is 29.8 Å². The maximum Gasteiger partial charge on any atom is 0.339 e. The van der Waals surface area contributed by atoms with E-state index >= 15 is 0 Å². The zero-order chi connectivity index (χ0) is 14.7. The summed E-state index contributed by atoms with van der Waals surface area (Å²) in [6, 6.07) is 9.62. The van der Waals surface area contributed by atoms with Gasteiger partial charge in [0, 0.05) is 0 Å². The standard InChI is InChI=1S/C14H11Cl2NO3/c15-10-5-4-8(6-11(10)16)7-20-13-9(14(18)19)2-1-3-12(13)17/h1-6H,7,17H2,(H,18,19). The first-order chi connectivity index (χ1) is 9.49. The Morgan fingerprint density at radius 1 is 1.20 bits per heavy atom.